The SMILES string of the molecule is COC(=O)CC1CCC2(CCC2)N1S(=O)(=O)c1ccc(C)cc1. The highest BCUT2D eigenvalue weighted by molar-refractivity contribution is 7.89. The van der Waals surface area contributed by atoms with Crippen molar-refractivity contribution >= 4 is 16.0 Å². The van der Waals surface area contributed by atoms with E-state index in [4.69, 9.17) is 4.74 Å². The summed E-state index contributed by atoms with van der Waals surface area (Å²) >= 11 is 0. The molecule has 23 heavy (non-hydrogen) atoms. The number of benzene rings is 1. The average Bonchev–Trinajstić information content (AvgIpc) is 2.87. The summed E-state index contributed by atoms with van der Waals surface area (Å²) < 4.78 is 32.8. The van der Waals surface area contributed by atoms with Gasteiger partial charge in [-0.1, -0.05) is 17.7 Å². The van der Waals surface area contributed by atoms with Crippen molar-refractivity contribution in [2.24, 2.45) is 0 Å². The monoisotopic (exact) mass is 337 g/mol. The fraction of sp³-hybridized carbons (Fsp3) is 0.588. The number of carbonyl (C=O) groups is 1. The molecule has 3 rings (SSSR count). The van der Waals surface area contributed by atoms with Gasteiger partial charge >= 0.3 is 5.97 Å². The van der Waals surface area contributed by atoms with Crippen LogP contribution in [-0.4, -0.2) is 37.4 Å². The maximum Gasteiger partial charge on any atom is 0.307 e. The molecule has 126 valence electrons. The molecule has 1 atom stereocenters. The second-order valence-electron chi connectivity index (χ2n) is 6.66. The lowest BCUT2D eigenvalue weighted by Gasteiger charge is -2.46. The number of nitrogens with zero attached hydrogens (tertiary/aromatic N) is 1. The first-order valence-electron chi connectivity index (χ1n) is 8.07. The van der Waals surface area contributed by atoms with E-state index in [2.05, 4.69) is 0 Å². The average molecular weight is 337 g/mol. The van der Waals surface area contributed by atoms with Crippen LogP contribution < -0.4 is 0 Å². The second kappa shape index (κ2) is 5.91. The van der Waals surface area contributed by atoms with Crippen LogP contribution in [0.15, 0.2) is 29.2 Å². The van der Waals surface area contributed by atoms with Gasteiger partial charge in [-0.05, 0) is 51.2 Å². The summed E-state index contributed by atoms with van der Waals surface area (Å²) in [6.45, 7) is 1.93. The summed E-state index contributed by atoms with van der Waals surface area (Å²) in [5, 5.41) is 0. The molecule has 1 saturated carbocycles. The molecule has 0 N–H and O–H groups in total. The van der Waals surface area contributed by atoms with Gasteiger partial charge in [-0.2, -0.15) is 4.31 Å². The van der Waals surface area contributed by atoms with Gasteiger partial charge in [-0.15, -0.1) is 0 Å². The Labute approximate surface area is 137 Å². The van der Waals surface area contributed by atoms with E-state index in [-0.39, 0.29) is 24.0 Å². The summed E-state index contributed by atoms with van der Waals surface area (Å²) in [6.07, 6.45) is 4.50. The summed E-state index contributed by atoms with van der Waals surface area (Å²) in [5.41, 5.74) is 0.734. The Bertz CT molecular complexity index is 692. The zero-order chi connectivity index (χ0) is 16.7. The number of ether oxygens (including phenoxy) is 1. The van der Waals surface area contributed by atoms with Gasteiger partial charge in [-0.3, -0.25) is 4.79 Å². The van der Waals surface area contributed by atoms with Crippen molar-refractivity contribution in [3.63, 3.8) is 0 Å². The van der Waals surface area contributed by atoms with Crippen LogP contribution in [0.25, 0.3) is 0 Å². The predicted octanol–water partition coefficient (Wildman–Crippen LogP) is 2.63. The summed E-state index contributed by atoms with van der Waals surface area (Å²) in [6, 6.07) is 6.64. The van der Waals surface area contributed by atoms with E-state index >= 15 is 0 Å². The smallest absolute Gasteiger partial charge is 0.307 e. The molecular weight excluding hydrogens is 314 g/mol. The van der Waals surface area contributed by atoms with E-state index < -0.39 is 10.0 Å². The molecule has 5 nitrogen and oxygen atoms in total. The van der Waals surface area contributed by atoms with Crippen LogP contribution in [-0.2, 0) is 19.6 Å². The molecular formula is C17H23NO4S. The van der Waals surface area contributed by atoms with Gasteiger partial charge in [0.2, 0.25) is 10.0 Å². The number of hydrogen-bond acceptors (Lipinski definition) is 4. The van der Waals surface area contributed by atoms with Crippen molar-refractivity contribution in [1.29, 1.82) is 0 Å². The molecule has 1 heterocycles. The van der Waals surface area contributed by atoms with E-state index in [0.717, 1.165) is 37.7 Å². The van der Waals surface area contributed by atoms with Crippen molar-refractivity contribution < 1.29 is 17.9 Å². The minimum Gasteiger partial charge on any atom is -0.469 e. The number of rotatable bonds is 4. The molecule has 0 bridgehead atoms. The number of sulfonamides is 1. The minimum absolute atomic E-state index is 0.128. The molecule has 1 aliphatic heterocycles. The lowest BCUT2D eigenvalue weighted by Crippen LogP contribution is -2.54. The summed E-state index contributed by atoms with van der Waals surface area (Å²) in [7, 11) is -2.26. The number of hydrogen-bond donors (Lipinski definition) is 0. The second-order valence-corrected chi connectivity index (χ2v) is 8.48. The van der Waals surface area contributed by atoms with Crippen molar-refractivity contribution in [2.45, 2.75) is 61.9 Å². The molecule has 0 amide bonds. The van der Waals surface area contributed by atoms with E-state index in [1.165, 1.54) is 7.11 Å². The minimum atomic E-state index is -3.60. The first-order chi connectivity index (χ1) is 10.9. The van der Waals surface area contributed by atoms with Gasteiger partial charge < -0.3 is 4.74 Å². The van der Waals surface area contributed by atoms with Gasteiger partial charge in [0.1, 0.15) is 0 Å². The van der Waals surface area contributed by atoms with E-state index in [1.807, 2.05) is 19.1 Å². The Balaban J connectivity index is 1.97. The van der Waals surface area contributed by atoms with Crippen LogP contribution >= 0.6 is 0 Å². The molecule has 0 radical (unpaired) electrons. The Hall–Kier alpha value is -1.40. The zero-order valence-corrected chi connectivity index (χ0v) is 14.4. The molecule has 1 aromatic carbocycles. The Morgan fingerprint density at radius 1 is 1.26 bits per heavy atom. The number of methoxy groups -OCH3 is 1. The first kappa shape index (κ1) is 16.5. The standard InChI is InChI=1S/C17H23NO4S/c1-13-4-6-15(7-5-13)23(20,21)18-14(12-16(19)22-2)8-11-17(18)9-3-10-17/h4-7,14H,3,8-12H2,1-2H3. The number of esters is 1. The third kappa shape index (κ3) is 2.78. The number of aryl methyl sites for hydroxylation is 1. The number of carbonyl (C=O) groups excluding carboxylic acids is 1. The maximum atomic E-state index is 13.2. The zero-order valence-electron chi connectivity index (χ0n) is 13.6. The highest BCUT2D eigenvalue weighted by Gasteiger charge is 2.55. The third-order valence-electron chi connectivity index (χ3n) is 5.23. The van der Waals surface area contributed by atoms with Crippen LogP contribution in [0.2, 0.25) is 0 Å². The topological polar surface area (TPSA) is 63.7 Å². The van der Waals surface area contributed by atoms with Crippen LogP contribution in [0, 0.1) is 6.92 Å². The summed E-state index contributed by atoms with van der Waals surface area (Å²) in [5.74, 6) is -0.351. The molecule has 1 saturated heterocycles. The summed E-state index contributed by atoms with van der Waals surface area (Å²) in [4.78, 5) is 12.0. The first-order valence-corrected chi connectivity index (χ1v) is 9.51. The van der Waals surface area contributed by atoms with Crippen molar-refractivity contribution in [2.75, 3.05) is 7.11 Å². The van der Waals surface area contributed by atoms with Gasteiger partial charge in [-0.25, -0.2) is 8.42 Å². The maximum absolute atomic E-state index is 13.2. The Morgan fingerprint density at radius 3 is 2.43 bits per heavy atom. The fourth-order valence-electron chi connectivity index (χ4n) is 3.84. The Kier molecular flexibility index (Phi) is 4.23. The van der Waals surface area contributed by atoms with Crippen LogP contribution in [0.4, 0.5) is 0 Å². The van der Waals surface area contributed by atoms with Gasteiger partial charge in [0.15, 0.2) is 0 Å². The fourth-order valence-corrected chi connectivity index (χ4v) is 5.90. The normalized spacial score (nSPS) is 23.7. The lowest BCUT2D eigenvalue weighted by molar-refractivity contribution is -0.141. The molecule has 1 unspecified atom stereocenters. The highest BCUT2D eigenvalue weighted by Crippen LogP contribution is 2.51. The van der Waals surface area contributed by atoms with Gasteiger partial charge in [0, 0.05) is 11.6 Å². The molecule has 1 aliphatic carbocycles. The molecule has 1 aromatic rings. The third-order valence-corrected chi connectivity index (χ3v) is 7.31. The van der Waals surface area contributed by atoms with E-state index in [1.54, 1.807) is 16.4 Å². The predicted molar refractivity (Wildman–Crippen MR) is 86.4 cm³/mol. The van der Waals surface area contributed by atoms with Crippen LogP contribution in [0.3, 0.4) is 0 Å². The van der Waals surface area contributed by atoms with Crippen molar-refractivity contribution in [1.82, 2.24) is 4.31 Å². The molecule has 1 spiro atoms. The van der Waals surface area contributed by atoms with Crippen LogP contribution in [0.5, 0.6) is 0 Å². The van der Waals surface area contributed by atoms with Gasteiger partial charge in [0.25, 0.3) is 0 Å². The molecule has 2 fully saturated rings. The molecule has 0 aromatic heterocycles. The quantitative estimate of drug-likeness (QED) is 0.792. The Morgan fingerprint density at radius 2 is 1.91 bits per heavy atom. The van der Waals surface area contributed by atoms with Gasteiger partial charge in [0.05, 0.1) is 18.4 Å². The van der Waals surface area contributed by atoms with Crippen molar-refractivity contribution in [3.05, 3.63) is 29.8 Å². The van der Waals surface area contributed by atoms with E-state index in [9.17, 15) is 13.2 Å². The highest BCUT2D eigenvalue weighted by atomic mass is 32.2. The lowest BCUT2D eigenvalue weighted by atomic mass is 9.76. The largest absolute Gasteiger partial charge is 0.469 e. The molecule has 6 heteroatoms. The van der Waals surface area contributed by atoms with Crippen LogP contribution in [0.1, 0.15) is 44.1 Å². The van der Waals surface area contributed by atoms with Crippen molar-refractivity contribution in [3.8, 4) is 0 Å². The molecule has 2 aliphatic rings. The van der Waals surface area contributed by atoms with E-state index in [0.29, 0.717) is 4.90 Å².